The van der Waals surface area contributed by atoms with E-state index >= 15 is 0 Å². The van der Waals surface area contributed by atoms with Crippen LogP contribution in [0.5, 0.6) is 11.5 Å². The molecule has 2 aromatic carbocycles. The minimum Gasteiger partial charge on any atom is -0.497 e. The summed E-state index contributed by atoms with van der Waals surface area (Å²) in [4.78, 5) is 11.4. The first-order valence-electron chi connectivity index (χ1n) is 6.09. The number of carboxylic acid groups (broad SMARTS) is 1. The largest absolute Gasteiger partial charge is 0.497 e. The van der Waals surface area contributed by atoms with Gasteiger partial charge < -0.3 is 20.3 Å². The molecule has 0 radical (unpaired) electrons. The lowest BCUT2D eigenvalue weighted by Crippen LogP contribution is -2.18. The predicted molar refractivity (Wildman–Crippen MR) is 82.6 cm³/mol. The Labute approximate surface area is 130 Å². The summed E-state index contributed by atoms with van der Waals surface area (Å²) in [7, 11) is 1.52. The van der Waals surface area contributed by atoms with Gasteiger partial charge in [-0.25, -0.2) is 4.79 Å². The van der Waals surface area contributed by atoms with Crippen molar-refractivity contribution in [2.45, 2.75) is 6.10 Å². The molecule has 110 valence electrons. The first-order chi connectivity index (χ1) is 10.0. The topological polar surface area (TPSA) is 81.8 Å². The molecule has 0 aromatic heterocycles. The van der Waals surface area contributed by atoms with Gasteiger partial charge in [-0.15, -0.1) is 0 Å². The van der Waals surface area contributed by atoms with Crippen LogP contribution in [0.4, 0.5) is 5.69 Å². The van der Waals surface area contributed by atoms with Crippen molar-refractivity contribution in [2.24, 2.45) is 0 Å². The zero-order chi connectivity index (χ0) is 15.4. The van der Waals surface area contributed by atoms with E-state index in [1.54, 1.807) is 36.4 Å². The maximum absolute atomic E-state index is 11.4. The fourth-order valence-corrected chi connectivity index (χ4v) is 2.24. The molecule has 21 heavy (non-hydrogen) atoms. The molecule has 0 amide bonds. The zero-order valence-electron chi connectivity index (χ0n) is 11.2. The van der Waals surface area contributed by atoms with Gasteiger partial charge in [-0.2, -0.15) is 0 Å². The number of nitrogen functional groups attached to an aromatic ring is 1. The summed E-state index contributed by atoms with van der Waals surface area (Å²) in [6.45, 7) is 0. The van der Waals surface area contributed by atoms with E-state index in [2.05, 4.69) is 15.9 Å². The van der Waals surface area contributed by atoms with Crippen molar-refractivity contribution in [3.05, 3.63) is 52.5 Å². The number of methoxy groups -OCH3 is 1. The fourth-order valence-electron chi connectivity index (χ4n) is 1.82. The van der Waals surface area contributed by atoms with Crippen LogP contribution >= 0.6 is 15.9 Å². The summed E-state index contributed by atoms with van der Waals surface area (Å²) < 4.78 is 11.4. The summed E-state index contributed by atoms with van der Waals surface area (Å²) in [6.07, 6.45) is -1.14. The highest BCUT2D eigenvalue weighted by molar-refractivity contribution is 9.10. The number of nitrogens with two attached hydrogens (primary N) is 1. The number of rotatable bonds is 5. The van der Waals surface area contributed by atoms with Crippen molar-refractivity contribution < 1.29 is 19.4 Å². The van der Waals surface area contributed by atoms with Crippen LogP contribution in [0.3, 0.4) is 0 Å². The molecule has 2 rings (SSSR count). The Hall–Kier alpha value is -2.21. The molecule has 0 aliphatic carbocycles. The quantitative estimate of drug-likeness (QED) is 0.808. The summed E-state index contributed by atoms with van der Waals surface area (Å²) >= 11 is 3.31. The lowest BCUT2D eigenvalue weighted by atomic mass is 10.1. The van der Waals surface area contributed by atoms with E-state index in [1.807, 2.05) is 6.07 Å². The van der Waals surface area contributed by atoms with Gasteiger partial charge in [0.05, 0.1) is 12.8 Å². The highest BCUT2D eigenvalue weighted by Crippen LogP contribution is 2.31. The second-order valence-corrected chi connectivity index (χ2v) is 5.21. The molecule has 6 heteroatoms. The number of benzene rings is 2. The Bertz CT molecular complexity index is 660. The van der Waals surface area contributed by atoms with Crippen LogP contribution in [0.25, 0.3) is 0 Å². The summed E-state index contributed by atoms with van der Waals surface area (Å²) in [5.74, 6) is -0.222. The van der Waals surface area contributed by atoms with E-state index in [9.17, 15) is 9.90 Å². The molecule has 0 spiro atoms. The van der Waals surface area contributed by atoms with Gasteiger partial charge in [-0.1, -0.05) is 28.1 Å². The van der Waals surface area contributed by atoms with Gasteiger partial charge in [0.25, 0.3) is 0 Å². The highest BCUT2D eigenvalue weighted by Gasteiger charge is 2.23. The third kappa shape index (κ3) is 3.66. The summed E-state index contributed by atoms with van der Waals surface area (Å²) in [5.41, 5.74) is 6.68. The van der Waals surface area contributed by atoms with E-state index in [4.69, 9.17) is 15.2 Å². The molecule has 2 aromatic rings. The van der Waals surface area contributed by atoms with Crippen molar-refractivity contribution in [3.8, 4) is 11.5 Å². The molecule has 0 aliphatic heterocycles. The van der Waals surface area contributed by atoms with Crippen LogP contribution in [0.2, 0.25) is 0 Å². The van der Waals surface area contributed by atoms with Crippen LogP contribution in [0.1, 0.15) is 11.7 Å². The number of ether oxygens (including phenoxy) is 2. The average molecular weight is 352 g/mol. The second-order valence-electron chi connectivity index (χ2n) is 4.29. The third-order valence-corrected chi connectivity index (χ3v) is 3.33. The van der Waals surface area contributed by atoms with E-state index in [0.717, 1.165) is 4.47 Å². The van der Waals surface area contributed by atoms with Crippen LogP contribution in [0, 0.1) is 0 Å². The normalized spacial score (nSPS) is 11.7. The molecule has 0 saturated carbocycles. The van der Waals surface area contributed by atoms with E-state index < -0.39 is 12.1 Å². The number of anilines is 1. The van der Waals surface area contributed by atoms with Crippen molar-refractivity contribution in [3.63, 3.8) is 0 Å². The minimum atomic E-state index is -1.14. The average Bonchev–Trinajstić information content (AvgIpc) is 2.45. The first-order valence-corrected chi connectivity index (χ1v) is 6.89. The van der Waals surface area contributed by atoms with Gasteiger partial charge in [0.2, 0.25) is 6.10 Å². The Morgan fingerprint density at radius 2 is 2.05 bits per heavy atom. The molecule has 0 saturated heterocycles. The number of halogens is 1. The summed E-state index contributed by atoms with van der Waals surface area (Å²) in [6, 6.07) is 11.8. The molecule has 0 bridgehead atoms. The van der Waals surface area contributed by atoms with Crippen LogP contribution in [0.15, 0.2) is 46.9 Å². The lowest BCUT2D eigenvalue weighted by molar-refractivity contribution is -0.145. The second kappa shape index (κ2) is 6.49. The molecule has 0 heterocycles. The van der Waals surface area contributed by atoms with Gasteiger partial charge in [-0.05, 0) is 24.3 Å². The Kier molecular flexibility index (Phi) is 4.70. The first kappa shape index (κ1) is 15.2. The van der Waals surface area contributed by atoms with Gasteiger partial charge in [-0.3, -0.25) is 0 Å². The van der Waals surface area contributed by atoms with Gasteiger partial charge >= 0.3 is 5.97 Å². The van der Waals surface area contributed by atoms with E-state index in [1.165, 1.54) is 7.11 Å². The smallest absolute Gasteiger partial charge is 0.349 e. The molecule has 5 nitrogen and oxygen atoms in total. The number of aliphatic carboxylic acids is 1. The van der Waals surface area contributed by atoms with Gasteiger partial charge in [0.1, 0.15) is 11.5 Å². The maximum Gasteiger partial charge on any atom is 0.349 e. The standard InChI is InChI=1S/C15H14BrNO4/c1-20-11-5-6-13(12(17)8-11)21-14(15(18)19)9-3-2-4-10(16)7-9/h2-8,14H,17H2,1H3,(H,18,19). The lowest BCUT2D eigenvalue weighted by Gasteiger charge is -2.17. The molecular weight excluding hydrogens is 338 g/mol. The number of carbonyl (C=O) groups is 1. The monoisotopic (exact) mass is 351 g/mol. The molecule has 0 aliphatic rings. The van der Waals surface area contributed by atoms with Crippen molar-refractivity contribution in [2.75, 3.05) is 12.8 Å². The summed E-state index contributed by atoms with van der Waals surface area (Å²) in [5, 5.41) is 9.36. The Morgan fingerprint density at radius 3 is 2.62 bits per heavy atom. The Balaban J connectivity index is 2.31. The number of hydrogen-bond acceptors (Lipinski definition) is 4. The predicted octanol–water partition coefficient (Wildman–Crippen LogP) is 3.24. The van der Waals surface area contributed by atoms with Crippen molar-refractivity contribution >= 4 is 27.6 Å². The van der Waals surface area contributed by atoms with Crippen LogP contribution < -0.4 is 15.2 Å². The molecular formula is C15H14BrNO4. The molecule has 1 atom stereocenters. The zero-order valence-corrected chi connectivity index (χ0v) is 12.8. The van der Waals surface area contributed by atoms with Crippen molar-refractivity contribution in [1.82, 2.24) is 0 Å². The van der Waals surface area contributed by atoms with Crippen LogP contribution in [-0.4, -0.2) is 18.2 Å². The third-order valence-electron chi connectivity index (χ3n) is 2.84. The SMILES string of the molecule is COc1ccc(OC(C(=O)O)c2cccc(Br)c2)c(N)c1. The van der Waals surface area contributed by atoms with Gasteiger partial charge in [0.15, 0.2) is 0 Å². The number of hydrogen-bond donors (Lipinski definition) is 2. The number of carboxylic acids is 1. The molecule has 3 N–H and O–H groups in total. The molecule has 1 unspecified atom stereocenters. The van der Waals surface area contributed by atoms with E-state index in [0.29, 0.717) is 22.7 Å². The Morgan fingerprint density at radius 1 is 1.29 bits per heavy atom. The van der Waals surface area contributed by atoms with Crippen molar-refractivity contribution in [1.29, 1.82) is 0 Å². The maximum atomic E-state index is 11.4. The highest BCUT2D eigenvalue weighted by atomic mass is 79.9. The fraction of sp³-hybridized carbons (Fsp3) is 0.133. The van der Waals surface area contributed by atoms with Gasteiger partial charge in [0, 0.05) is 16.1 Å². The van der Waals surface area contributed by atoms with Crippen LogP contribution in [-0.2, 0) is 4.79 Å². The molecule has 0 fully saturated rings. The minimum absolute atomic E-state index is 0.295. The van der Waals surface area contributed by atoms with E-state index in [-0.39, 0.29) is 0 Å².